The van der Waals surface area contributed by atoms with Crippen LogP contribution in [0.3, 0.4) is 0 Å². The first kappa shape index (κ1) is 13.0. The molecule has 0 fully saturated rings. The van der Waals surface area contributed by atoms with Crippen LogP contribution < -0.4 is 5.32 Å². The van der Waals surface area contributed by atoms with E-state index in [0.29, 0.717) is 6.42 Å². The van der Waals surface area contributed by atoms with Gasteiger partial charge in [0.25, 0.3) is 0 Å². The van der Waals surface area contributed by atoms with Gasteiger partial charge in [0, 0.05) is 17.3 Å². The number of hydrogen-bond donors (Lipinski definition) is 2. The minimum atomic E-state index is -0.156. The van der Waals surface area contributed by atoms with Gasteiger partial charge >= 0.3 is 0 Å². The van der Waals surface area contributed by atoms with Crippen LogP contribution in [0.4, 0.5) is 0 Å². The van der Waals surface area contributed by atoms with Crippen molar-refractivity contribution in [3.05, 3.63) is 23.0 Å². The van der Waals surface area contributed by atoms with Gasteiger partial charge in [-0.1, -0.05) is 6.92 Å². The molecule has 0 aliphatic rings. The first-order chi connectivity index (χ1) is 8.63. The summed E-state index contributed by atoms with van der Waals surface area (Å²) < 4.78 is 1.94. The van der Waals surface area contributed by atoms with Gasteiger partial charge in [-0.3, -0.25) is 9.20 Å². The number of hydrogen-bond acceptors (Lipinski definition) is 4. The molecule has 0 spiro atoms. The van der Waals surface area contributed by atoms with Crippen molar-refractivity contribution >= 4 is 22.2 Å². The van der Waals surface area contributed by atoms with Gasteiger partial charge in [-0.15, -0.1) is 11.3 Å². The summed E-state index contributed by atoms with van der Waals surface area (Å²) in [4.78, 5) is 17.1. The van der Waals surface area contributed by atoms with E-state index in [-0.39, 0.29) is 18.6 Å². The molecule has 5 nitrogen and oxygen atoms in total. The van der Waals surface area contributed by atoms with Crippen LogP contribution in [0.25, 0.3) is 4.96 Å². The highest BCUT2D eigenvalue weighted by Crippen LogP contribution is 2.16. The normalized spacial score (nSPS) is 12.8. The minimum absolute atomic E-state index is 0.0224. The molecule has 0 saturated carbocycles. The molecule has 2 heterocycles. The van der Waals surface area contributed by atoms with Crippen molar-refractivity contribution in [2.45, 2.75) is 32.7 Å². The monoisotopic (exact) mass is 267 g/mol. The van der Waals surface area contributed by atoms with Crippen LogP contribution in [0.2, 0.25) is 0 Å². The molecule has 1 amide bonds. The Morgan fingerprint density at radius 2 is 2.44 bits per heavy atom. The number of aliphatic hydroxyl groups excluding tert-OH is 1. The van der Waals surface area contributed by atoms with Crippen LogP contribution >= 0.6 is 11.3 Å². The molecule has 0 aliphatic heterocycles. The number of fused-ring (bicyclic) bond motifs is 1. The van der Waals surface area contributed by atoms with Gasteiger partial charge in [0.15, 0.2) is 4.96 Å². The summed E-state index contributed by atoms with van der Waals surface area (Å²) in [6.07, 6.45) is 2.97. The molecule has 2 rings (SSSR count). The number of aliphatic hydroxyl groups is 1. The topological polar surface area (TPSA) is 66.6 Å². The smallest absolute Gasteiger partial charge is 0.226 e. The molecule has 2 N–H and O–H groups in total. The Morgan fingerprint density at radius 1 is 1.67 bits per heavy atom. The van der Waals surface area contributed by atoms with Crippen molar-refractivity contribution in [2.75, 3.05) is 6.61 Å². The van der Waals surface area contributed by atoms with Crippen LogP contribution in [-0.2, 0) is 11.2 Å². The zero-order valence-electron chi connectivity index (χ0n) is 10.5. The zero-order valence-corrected chi connectivity index (χ0v) is 11.3. The first-order valence-corrected chi connectivity index (χ1v) is 6.84. The number of carbonyl (C=O) groups excluding carboxylic acids is 1. The van der Waals surface area contributed by atoms with Gasteiger partial charge in [0.1, 0.15) is 0 Å². The molecule has 1 atom stereocenters. The lowest BCUT2D eigenvalue weighted by atomic mass is 10.2. The summed E-state index contributed by atoms with van der Waals surface area (Å²) in [7, 11) is 0. The lowest BCUT2D eigenvalue weighted by molar-refractivity contribution is -0.121. The highest BCUT2D eigenvalue weighted by Gasteiger charge is 2.13. The van der Waals surface area contributed by atoms with E-state index in [0.717, 1.165) is 22.8 Å². The Hall–Kier alpha value is -1.40. The molecule has 18 heavy (non-hydrogen) atoms. The van der Waals surface area contributed by atoms with Crippen LogP contribution in [0.5, 0.6) is 0 Å². The number of aromatic nitrogens is 2. The predicted molar refractivity (Wildman–Crippen MR) is 70.8 cm³/mol. The first-order valence-electron chi connectivity index (χ1n) is 5.96. The summed E-state index contributed by atoms with van der Waals surface area (Å²) >= 11 is 1.53. The second-order valence-electron chi connectivity index (χ2n) is 4.29. The summed E-state index contributed by atoms with van der Waals surface area (Å²) in [5, 5.41) is 13.8. The lowest BCUT2D eigenvalue weighted by Gasteiger charge is -2.13. The van der Waals surface area contributed by atoms with E-state index in [1.807, 2.05) is 29.8 Å². The van der Waals surface area contributed by atoms with Crippen molar-refractivity contribution in [1.29, 1.82) is 0 Å². The molecular formula is C12H17N3O2S. The predicted octanol–water partition coefficient (Wildman–Crippen LogP) is 1.13. The molecule has 0 saturated heterocycles. The van der Waals surface area contributed by atoms with Gasteiger partial charge in [0.05, 0.1) is 24.8 Å². The Labute approximate surface area is 109 Å². The van der Waals surface area contributed by atoms with Gasteiger partial charge in [-0.05, 0) is 13.3 Å². The van der Waals surface area contributed by atoms with E-state index in [1.165, 1.54) is 11.3 Å². The third kappa shape index (κ3) is 2.70. The summed E-state index contributed by atoms with van der Waals surface area (Å²) in [6.45, 7) is 3.84. The van der Waals surface area contributed by atoms with Gasteiger partial charge in [0.2, 0.25) is 5.91 Å². The van der Waals surface area contributed by atoms with Gasteiger partial charge in [-0.2, -0.15) is 0 Å². The van der Waals surface area contributed by atoms with Crippen LogP contribution in [0.1, 0.15) is 24.7 Å². The Kier molecular flexibility index (Phi) is 3.98. The van der Waals surface area contributed by atoms with E-state index < -0.39 is 0 Å². The third-order valence-corrected chi connectivity index (χ3v) is 3.71. The summed E-state index contributed by atoms with van der Waals surface area (Å²) in [5.74, 6) is -0.0676. The fourth-order valence-corrected chi connectivity index (χ4v) is 2.71. The largest absolute Gasteiger partial charge is 0.394 e. The molecule has 0 aliphatic carbocycles. The maximum Gasteiger partial charge on any atom is 0.226 e. The fraction of sp³-hybridized carbons (Fsp3) is 0.500. The second kappa shape index (κ2) is 5.49. The number of thiazole rings is 1. The van der Waals surface area contributed by atoms with E-state index in [2.05, 4.69) is 10.3 Å². The maximum atomic E-state index is 11.8. The fourth-order valence-electron chi connectivity index (χ4n) is 1.79. The molecule has 2 aromatic rings. The number of rotatable bonds is 5. The minimum Gasteiger partial charge on any atom is -0.394 e. The number of nitrogens with zero attached hydrogens (tertiary/aromatic N) is 2. The molecule has 2 aromatic heterocycles. The summed E-state index contributed by atoms with van der Waals surface area (Å²) in [6, 6.07) is -0.156. The zero-order chi connectivity index (χ0) is 13.1. The van der Waals surface area contributed by atoms with Crippen molar-refractivity contribution < 1.29 is 9.90 Å². The van der Waals surface area contributed by atoms with Gasteiger partial charge in [-0.25, -0.2) is 4.98 Å². The van der Waals surface area contributed by atoms with Crippen LogP contribution in [-0.4, -0.2) is 33.0 Å². The van der Waals surface area contributed by atoms with E-state index in [1.54, 1.807) is 0 Å². The maximum absolute atomic E-state index is 11.8. The number of amides is 1. The number of imidazole rings is 1. The molecule has 6 heteroatoms. The SMILES string of the molecule is CC[C@@H](CO)NC(=O)Cc1csc2nc(C)cn12. The van der Waals surface area contributed by atoms with E-state index >= 15 is 0 Å². The standard InChI is InChI=1S/C12H17N3O2S/c1-3-9(6-16)14-11(17)4-10-7-18-12-13-8(2)5-15(10)12/h5,7,9,16H,3-4,6H2,1-2H3,(H,14,17)/t9-/m0/s1. The van der Waals surface area contributed by atoms with Crippen molar-refractivity contribution in [3.8, 4) is 0 Å². The second-order valence-corrected chi connectivity index (χ2v) is 5.13. The molecule has 98 valence electrons. The number of carbonyl (C=O) groups is 1. The van der Waals surface area contributed by atoms with Crippen LogP contribution in [0, 0.1) is 6.92 Å². The highest BCUT2D eigenvalue weighted by molar-refractivity contribution is 7.15. The number of nitrogens with one attached hydrogen (secondary N) is 1. The van der Waals surface area contributed by atoms with Crippen molar-refractivity contribution in [3.63, 3.8) is 0 Å². The lowest BCUT2D eigenvalue weighted by Crippen LogP contribution is -2.37. The molecular weight excluding hydrogens is 250 g/mol. The Balaban J connectivity index is 2.06. The average molecular weight is 267 g/mol. The van der Waals surface area contributed by atoms with E-state index in [9.17, 15) is 4.79 Å². The van der Waals surface area contributed by atoms with Crippen LogP contribution in [0.15, 0.2) is 11.6 Å². The molecule has 0 unspecified atom stereocenters. The van der Waals surface area contributed by atoms with Gasteiger partial charge < -0.3 is 10.4 Å². The Morgan fingerprint density at radius 3 is 3.11 bits per heavy atom. The summed E-state index contributed by atoms with van der Waals surface area (Å²) in [5.41, 5.74) is 1.88. The number of aryl methyl sites for hydroxylation is 1. The van der Waals surface area contributed by atoms with Crippen molar-refractivity contribution in [1.82, 2.24) is 14.7 Å². The van der Waals surface area contributed by atoms with Crippen molar-refractivity contribution in [2.24, 2.45) is 0 Å². The third-order valence-electron chi connectivity index (χ3n) is 2.82. The molecule has 0 aromatic carbocycles. The Bertz CT molecular complexity index is 543. The molecule has 0 bridgehead atoms. The average Bonchev–Trinajstić information content (AvgIpc) is 2.87. The quantitative estimate of drug-likeness (QED) is 0.853. The molecule has 0 radical (unpaired) electrons. The van der Waals surface area contributed by atoms with E-state index in [4.69, 9.17) is 5.11 Å². The highest BCUT2D eigenvalue weighted by atomic mass is 32.1.